The summed E-state index contributed by atoms with van der Waals surface area (Å²) in [4.78, 5) is 0. The molecule has 0 saturated heterocycles. The maximum Gasteiger partial charge on any atom is 0.204 e. The number of aliphatic hydroxyl groups is 2. The van der Waals surface area contributed by atoms with E-state index in [0.29, 0.717) is 17.9 Å². The van der Waals surface area contributed by atoms with E-state index in [-0.39, 0.29) is 0 Å². The molecule has 0 aliphatic heterocycles. The van der Waals surface area contributed by atoms with Crippen molar-refractivity contribution in [2.75, 3.05) is 13.6 Å². The first-order chi connectivity index (χ1) is 8.72. The van der Waals surface area contributed by atoms with Crippen LogP contribution in [-0.2, 0) is 0 Å². The number of nitrogens with zero attached hydrogens (tertiary/aromatic N) is 3. The summed E-state index contributed by atoms with van der Waals surface area (Å²) in [6.07, 6.45) is -1.76. The SMILES string of the molecule is CNCC(O)C(O)c1ccc(-c2nn[nH]n2)cc1. The molecule has 0 aliphatic rings. The quantitative estimate of drug-likeness (QED) is 0.568. The van der Waals surface area contributed by atoms with Crippen molar-refractivity contribution in [3.05, 3.63) is 29.8 Å². The number of tetrazole rings is 1. The highest BCUT2D eigenvalue weighted by Crippen LogP contribution is 2.20. The Kier molecular flexibility index (Phi) is 3.98. The summed E-state index contributed by atoms with van der Waals surface area (Å²) in [5, 5.41) is 35.9. The van der Waals surface area contributed by atoms with Crippen LogP contribution in [0.5, 0.6) is 0 Å². The molecule has 7 heteroatoms. The van der Waals surface area contributed by atoms with Gasteiger partial charge < -0.3 is 15.5 Å². The van der Waals surface area contributed by atoms with Crippen LogP contribution in [0.1, 0.15) is 11.7 Å². The Labute approximate surface area is 104 Å². The summed E-state index contributed by atoms with van der Waals surface area (Å²) in [5.41, 5.74) is 1.44. The third-order valence-corrected chi connectivity index (χ3v) is 2.63. The maximum absolute atomic E-state index is 9.90. The molecule has 0 fully saturated rings. The van der Waals surface area contributed by atoms with Crippen molar-refractivity contribution in [1.29, 1.82) is 0 Å². The van der Waals surface area contributed by atoms with E-state index in [0.717, 1.165) is 5.56 Å². The Bertz CT molecular complexity index is 471. The molecule has 0 bridgehead atoms. The zero-order chi connectivity index (χ0) is 13.0. The third-order valence-electron chi connectivity index (χ3n) is 2.63. The fraction of sp³-hybridized carbons (Fsp3) is 0.364. The van der Waals surface area contributed by atoms with Gasteiger partial charge in [0.25, 0.3) is 0 Å². The molecule has 96 valence electrons. The Morgan fingerprint density at radius 3 is 2.56 bits per heavy atom. The van der Waals surface area contributed by atoms with Gasteiger partial charge in [-0.15, -0.1) is 10.2 Å². The van der Waals surface area contributed by atoms with Crippen LogP contribution in [0.25, 0.3) is 11.4 Å². The number of hydrogen-bond acceptors (Lipinski definition) is 6. The molecule has 1 aromatic heterocycles. The van der Waals surface area contributed by atoms with E-state index in [9.17, 15) is 10.2 Å². The minimum absolute atomic E-state index is 0.327. The average molecular weight is 249 g/mol. The van der Waals surface area contributed by atoms with Crippen LogP contribution in [0.4, 0.5) is 0 Å². The van der Waals surface area contributed by atoms with Gasteiger partial charge in [0.1, 0.15) is 6.10 Å². The lowest BCUT2D eigenvalue weighted by molar-refractivity contribution is 0.0202. The summed E-state index contributed by atoms with van der Waals surface area (Å²) in [5.74, 6) is 0.492. The van der Waals surface area contributed by atoms with Crippen LogP contribution >= 0.6 is 0 Å². The van der Waals surface area contributed by atoms with Gasteiger partial charge in [0, 0.05) is 12.1 Å². The molecule has 0 radical (unpaired) electrons. The number of likely N-dealkylation sites (N-methyl/N-ethyl adjacent to an activating group) is 1. The van der Waals surface area contributed by atoms with Crippen LogP contribution < -0.4 is 5.32 Å². The van der Waals surface area contributed by atoms with Gasteiger partial charge in [-0.05, 0) is 17.8 Å². The lowest BCUT2D eigenvalue weighted by Gasteiger charge is -2.17. The van der Waals surface area contributed by atoms with Crippen molar-refractivity contribution in [1.82, 2.24) is 25.9 Å². The van der Waals surface area contributed by atoms with Crippen LogP contribution in [0.15, 0.2) is 24.3 Å². The summed E-state index contributed by atoms with van der Waals surface area (Å²) < 4.78 is 0. The minimum atomic E-state index is -0.920. The van der Waals surface area contributed by atoms with E-state index < -0.39 is 12.2 Å². The van der Waals surface area contributed by atoms with E-state index in [1.165, 1.54) is 0 Å². The number of hydrogen-bond donors (Lipinski definition) is 4. The molecule has 2 atom stereocenters. The Hall–Kier alpha value is -1.83. The zero-order valence-electron chi connectivity index (χ0n) is 9.91. The second kappa shape index (κ2) is 5.67. The molecule has 2 aromatic rings. The van der Waals surface area contributed by atoms with E-state index in [4.69, 9.17) is 0 Å². The summed E-state index contributed by atoms with van der Waals surface area (Å²) in [6, 6.07) is 7.01. The second-order valence-electron chi connectivity index (χ2n) is 3.93. The zero-order valence-corrected chi connectivity index (χ0v) is 9.91. The van der Waals surface area contributed by atoms with Crippen LogP contribution in [0.2, 0.25) is 0 Å². The number of nitrogens with one attached hydrogen (secondary N) is 2. The molecule has 2 unspecified atom stereocenters. The molecule has 18 heavy (non-hydrogen) atoms. The molecule has 0 saturated carbocycles. The standard InChI is InChI=1S/C11H15N5O2/c1-12-6-9(17)10(18)7-2-4-8(5-3-7)11-13-15-16-14-11/h2-5,9-10,12,17-18H,6H2,1H3,(H,13,14,15,16). The van der Waals surface area contributed by atoms with Crippen molar-refractivity contribution in [2.24, 2.45) is 0 Å². The minimum Gasteiger partial charge on any atom is -0.389 e. The van der Waals surface area contributed by atoms with Crippen molar-refractivity contribution in [3.63, 3.8) is 0 Å². The predicted molar refractivity (Wildman–Crippen MR) is 64.5 cm³/mol. The molecule has 2 rings (SSSR count). The summed E-state index contributed by atoms with van der Waals surface area (Å²) in [7, 11) is 1.72. The maximum atomic E-state index is 9.90. The molecular weight excluding hydrogens is 234 g/mol. The summed E-state index contributed by atoms with van der Waals surface area (Å²) in [6.45, 7) is 0.327. The van der Waals surface area contributed by atoms with Crippen LogP contribution in [0, 0.1) is 0 Å². The highest BCUT2D eigenvalue weighted by Gasteiger charge is 2.17. The molecule has 4 N–H and O–H groups in total. The number of H-pyrrole nitrogens is 1. The molecular formula is C11H15N5O2. The Morgan fingerprint density at radius 2 is 2.00 bits per heavy atom. The molecule has 0 aliphatic carbocycles. The topological polar surface area (TPSA) is 107 Å². The van der Waals surface area contributed by atoms with Gasteiger partial charge in [0.2, 0.25) is 5.82 Å². The van der Waals surface area contributed by atoms with Crippen molar-refractivity contribution >= 4 is 0 Å². The smallest absolute Gasteiger partial charge is 0.204 e. The van der Waals surface area contributed by atoms with E-state index in [2.05, 4.69) is 25.9 Å². The first kappa shape index (κ1) is 12.6. The van der Waals surface area contributed by atoms with Gasteiger partial charge in [0.05, 0.1) is 6.10 Å². The molecule has 0 spiro atoms. The fourth-order valence-corrected chi connectivity index (χ4v) is 1.66. The fourth-order valence-electron chi connectivity index (χ4n) is 1.66. The van der Waals surface area contributed by atoms with Gasteiger partial charge >= 0.3 is 0 Å². The highest BCUT2D eigenvalue weighted by atomic mass is 16.3. The second-order valence-corrected chi connectivity index (χ2v) is 3.93. The lowest BCUT2D eigenvalue weighted by Crippen LogP contribution is -2.29. The average Bonchev–Trinajstić information content (AvgIpc) is 2.92. The lowest BCUT2D eigenvalue weighted by atomic mass is 10.0. The van der Waals surface area contributed by atoms with Crippen LogP contribution in [-0.4, -0.2) is 50.5 Å². The monoisotopic (exact) mass is 249 g/mol. The number of aliphatic hydroxyl groups excluding tert-OH is 2. The summed E-state index contributed by atoms with van der Waals surface area (Å²) >= 11 is 0. The van der Waals surface area contributed by atoms with Gasteiger partial charge in [-0.2, -0.15) is 5.21 Å². The van der Waals surface area contributed by atoms with E-state index in [1.807, 2.05) is 0 Å². The number of aromatic amines is 1. The van der Waals surface area contributed by atoms with E-state index in [1.54, 1.807) is 31.3 Å². The van der Waals surface area contributed by atoms with Crippen molar-refractivity contribution < 1.29 is 10.2 Å². The first-order valence-corrected chi connectivity index (χ1v) is 5.57. The normalized spacial score (nSPS) is 14.4. The van der Waals surface area contributed by atoms with Gasteiger partial charge in [-0.25, -0.2) is 0 Å². The molecule has 0 amide bonds. The van der Waals surface area contributed by atoms with Crippen molar-refractivity contribution in [3.8, 4) is 11.4 Å². The first-order valence-electron chi connectivity index (χ1n) is 5.57. The van der Waals surface area contributed by atoms with Crippen LogP contribution in [0.3, 0.4) is 0 Å². The van der Waals surface area contributed by atoms with Gasteiger partial charge in [-0.3, -0.25) is 0 Å². The Balaban J connectivity index is 2.12. The van der Waals surface area contributed by atoms with E-state index >= 15 is 0 Å². The number of rotatable bonds is 5. The third kappa shape index (κ3) is 2.70. The number of benzene rings is 1. The Morgan fingerprint density at radius 1 is 1.28 bits per heavy atom. The molecule has 1 heterocycles. The van der Waals surface area contributed by atoms with Gasteiger partial charge in [0.15, 0.2) is 0 Å². The largest absolute Gasteiger partial charge is 0.389 e. The predicted octanol–water partition coefficient (Wildman–Crippen LogP) is -0.520. The van der Waals surface area contributed by atoms with Crippen molar-refractivity contribution in [2.45, 2.75) is 12.2 Å². The molecule has 1 aromatic carbocycles. The molecule has 7 nitrogen and oxygen atoms in total. The number of aromatic nitrogens is 4. The van der Waals surface area contributed by atoms with Gasteiger partial charge in [-0.1, -0.05) is 24.3 Å². The highest BCUT2D eigenvalue weighted by molar-refractivity contribution is 5.54.